The predicted molar refractivity (Wildman–Crippen MR) is 379 cm³/mol. The van der Waals surface area contributed by atoms with Crippen molar-refractivity contribution in [3.8, 4) is 55.6 Å². The third kappa shape index (κ3) is 6.46. The van der Waals surface area contributed by atoms with E-state index in [0.29, 0.717) is 0 Å². The van der Waals surface area contributed by atoms with Crippen LogP contribution in [0.25, 0.3) is 79.9 Å². The first-order valence-electron chi connectivity index (χ1n) is 32.5. The van der Waals surface area contributed by atoms with Gasteiger partial charge in [-0.25, -0.2) is 0 Å². The maximum atomic E-state index is 2.52. The molecule has 14 aromatic rings. The van der Waals surface area contributed by atoms with Crippen LogP contribution >= 0.6 is 0 Å². The fourth-order valence-corrected chi connectivity index (χ4v) is 18.7. The number of benzene rings is 14. The monoisotopic (exact) mass is 1160 g/mol. The summed E-state index contributed by atoms with van der Waals surface area (Å²) in [4.78, 5) is 0. The lowest BCUT2D eigenvalue weighted by Gasteiger charge is -2.49. The Labute approximate surface area is 537 Å². The normalized spacial score (nSPS) is 15.4. The molecule has 0 saturated heterocycles. The molecule has 0 aromatic heterocycles. The van der Waals surface area contributed by atoms with Crippen LogP contribution in [0.15, 0.2) is 328 Å². The highest BCUT2D eigenvalue weighted by atomic mass is 14.6. The molecule has 0 aliphatic heterocycles. The van der Waals surface area contributed by atoms with Crippen molar-refractivity contribution in [1.82, 2.24) is 0 Å². The van der Waals surface area contributed by atoms with Crippen molar-refractivity contribution >= 4 is 24.3 Å². The summed E-state index contributed by atoms with van der Waals surface area (Å²) in [5.74, 6) is 0. The molecule has 6 aliphatic carbocycles. The minimum atomic E-state index is -0.525. The van der Waals surface area contributed by atoms with Crippen molar-refractivity contribution in [3.63, 3.8) is 0 Å². The molecule has 0 saturated carbocycles. The third-order valence-electron chi connectivity index (χ3n) is 22.1. The Hall–Kier alpha value is -11.4. The first-order chi connectivity index (χ1) is 45.6. The molecule has 0 N–H and O–H groups in total. The lowest BCUT2D eigenvalue weighted by molar-refractivity contribution is 0.632. The molecule has 0 unspecified atom stereocenters. The number of hydrogen-bond acceptors (Lipinski definition) is 0. The zero-order valence-electron chi connectivity index (χ0n) is 50.5. The number of rotatable bonds is 5. The molecular formula is C92H58. The Morgan fingerprint density at radius 3 is 0.554 bits per heavy atom. The summed E-state index contributed by atoms with van der Waals surface area (Å²) in [6, 6.07) is 125. The van der Waals surface area contributed by atoms with Crippen LogP contribution in [-0.2, 0) is 21.7 Å². The third-order valence-corrected chi connectivity index (χ3v) is 22.1. The van der Waals surface area contributed by atoms with Gasteiger partial charge in [-0.05, 0) is 179 Å². The van der Waals surface area contributed by atoms with Crippen LogP contribution in [-0.4, -0.2) is 0 Å². The summed E-state index contributed by atoms with van der Waals surface area (Å²) in [5, 5.41) is 0. The van der Waals surface area contributed by atoms with Gasteiger partial charge in [-0.3, -0.25) is 0 Å². The van der Waals surface area contributed by atoms with Gasteiger partial charge >= 0.3 is 0 Å². The molecule has 426 valence electrons. The molecule has 0 heterocycles. The van der Waals surface area contributed by atoms with Crippen LogP contribution in [0.4, 0.5) is 0 Å². The summed E-state index contributed by atoms with van der Waals surface area (Å²) in [7, 11) is 0. The van der Waals surface area contributed by atoms with E-state index in [1.54, 1.807) is 0 Å². The highest BCUT2D eigenvalue weighted by Crippen LogP contribution is 2.70. The van der Waals surface area contributed by atoms with E-state index < -0.39 is 21.7 Å². The van der Waals surface area contributed by atoms with E-state index in [0.717, 1.165) is 11.1 Å². The van der Waals surface area contributed by atoms with Crippen LogP contribution in [0.5, 0.6) is 0 Å². The highest BCUT2D eigenvalue weighted by molar-refractivity contribution is 5.97. The summed E-state index contributed by atoms with van der Waals surface area (Å²) in [6.45, 7) is 0. The quantitative estimate of drug-likeness (QED) is 0.151. The smallest absolute Gasteiger partial charge is 0.0619 e. The molecule has 4 spiro atoms. The molecule has 0 nitrogen and oxygen atoms in total. The maximum Gasteiger partial charge on any atom is 0.0720 e. The second kappa shape index (κ2) is 19.0. The van der Waals surface area contributed by atoms with Gasteiger partial charge in [-0.1, -0.05) is 340 Å². The van der Waals surface area contributed by atoms with E-state index >= 15 is 0 Å². The van der Waals surface area contributed by atoms with Gasteiger partial charge in [0.15, 0.2) is 0 Å². The topological polar surface area (TPSA) is 0 Å². The molecule has 6 aliphatic rings. The van der Waals surface area contributed by atoms with Gasteiger partial charge in [0, 0.05) is 0 Å². The van der Waals surface area contributed by atoms with Crippen LogP contribution in [0.1, 0.15) is 111 Å². The van der Waals surface area contributed by atoms with Crippen LogP contribution in [0.3, 0.4) is 0 Å². The van der Waals surface area contributed by atoms with Gasteiger partial charge in [-0.2, -0.15) is 0 Å². The van der Waals surface area contributed by atoms with Crippen molar-refractivity contribution in [2.75, 3.05) is 0 Å². The van der Waals surface area contributed by atoms with Crippen LogP contribution in [0.2, 0.25) is 0 Å². The Balaban J connectivity index is 0.652. The molecule has 0 radical (unpaired) electrons. The van der Waals surface area contributed by atoms with Crippen molar-refractivity contribution in [1.29, 1.82) is 0 Å². The van der Waals surface area contributed by atoms with Crippen molar-refractivity contribution in [2.24, 2.45) is 0 Å². The Kier molecular flexibility index (Phi) is 10.7. The molecular weight excluding hydrogens is 1110 g/mol. The van der Waals surface area contributed by atoms with Gasteiger partial charge in [0.05, 0.1) is 21.7 Å². The van der Waals surface area contributed by atoms with E-state index in [1.807, 2.05) is 0 Å². The summed E-state index contributed by atoms with van der Waals surface area (Å²) in [6.07, 6.45) is 9.20. The molecule has 0 atom stereocenters. The number of hydrogen-bond donors (Lipinski definition) is 0. The summed E-state index contributed by atoms with van der Waals surface area (Å²) in [5.41, 5.74) is 37.1. The molecule has 92 heavy (non-hydrogen) atoms. The lowest BCUT2D eigenvalue weighted by Crippen LogP contribution is -2.43. The summed E-state index contributed by atoms with van der Waals surface area (Å²) >= 11 is 0. The molecule has 0 amide bonds. The molecule has 0 fully saturated rings. The maximum absolute atomic E-state index is 2.52. The Bertz CT molecular complexity index is 5000. The zero-order chi connectivity index (χ0) is 60.3. The predicted octanol–water partition coefficient (Wildman–Crippen LogP) is 21.8. The first-order valence-corrected chi connectivity index (χ1v) is 32.5. The van der Waals surface area contributed by atoms with Gasteiger partial charge in [0.2, 0.25) is 0 Å². The fraction of sp³-hybridized carbons (Fsp3) is 0.0435. The molecule has 14 aromatic carbocycles. The average Bonchev–Trinajstić information content (AvgIpc) is 1.41. The second-order valence-corrected chi connectivity index (χ2v) is 26.0. The minimum absolute atomic E-state index is 0.499. The Morgan fingerprint density at radius 1 is 0.141 bits per heavy atom. The highest BCUT2D eigenvalue weighted by Gasteiger charge is 2.61. The van der Waals surface area contributed by atoms with Crippen LogP contribution < -0.4 is 0 Å². The van der Waals surface area contributed by atoms with Crippen LogP contribution in [0, 0.1) is 0 Å². The number of fused-ring (bicyclic) bond motifs is 32. The van der Waals surface area contributed by atoms with Crippen molar-refractivity contribution in [3.05, 3.63) is 439 Å². The second-order valence-electron chi connectivity index (χ2n) is 26.0. The fourth-order valence-electron chi connectivity index (χ4n) is 18.7. The zero-order valence-corrected chi connectivity index (χ0v) is 50.5. The summed E-state index contributed by atoms with van der Waals surface area (Å²) < 4.78 is 0. The van der Waals surface area contributed by atoms with Crippen molar-refractivity contribution in [2.45, 2.75) is 21.7 Å². The lowest BCUT2D eigenvalue weighted by atomic mass is 9.52. The average molecular weight is 1160 g/mol. The van der Waals surface area contributed by atoms with E-state index in [9.17, 15) is 0 Å². The Morgan fingerprint density at radius 2 is 0.315 bits per heavy atom. The minimum Gasteiger partial charge on any atom is -0.0619 e. The largest absolute Gasteiger partial charge is 0.0720 e. The van der Waals surface area contributed by atoms with E-state index in [4.69, 9.17) is 0 Å². The standard InChI is InChI=1S/C92H58/c1-9-29-73-65(21-1)66-22-2-10-30-74(66)89(73)81-37-17-19-39-83(81)91(77-33-13-5-25-69(77)70-26-6-14-34-78(70)91)87-57-61(49-55-85(87)89)43-41-59-45-51-63(52-46-59)64-53-47-60(48-54-64)42-44-62-50-56-86-88(58-62)92(79-35-15-7-27-71(79)72-28-8-16-36-80(72)92)84-40-20-18-38-82(84)90(86)75-31-11-3-23-67(75)68-24-4-12-32-76(68)90/h1-58H/b43-41+,44-42+. The van der Waals surface area contributed by atoms with E-state index in [2.05, 4.69) is 352 Å². The van der Waals surface area contributed by atoms with Crippen molar-refractivity contribution < 1.29 is 0 Å². The first kappa shape index (κ1) is 51.4. The van der Waals surface area contributed by atoms with Gasteiger partial charge in [0.25, 0.3) is 0 Å². The molecule has 0 bridgehead atoms. The molecule has 0 heteroatoms. The van der Waals surface area contributed by atoms with Gasteiger partial charge in [-0.15, -0.1) is 0 Å². The molecule has 20 rings (SSSR count). The van der Waals surface area contributed by atoms with Gasteiger partial charge in [0.1, 0.15) is 0 Å². The van der Waals surface area contributed by atoms with E-state index in [-0.39, 0.29) is 0 Å². The van der Waals surface area contributed by atoms with Gasteiger partial charge < -0.3 is 0 Å². The SMILES string of the molecule is C(=C\c1ccc2c(c1)C1(c3ccccc3-c3ccccc31)c1ccccc1C21c2ccccc2-c2ccccc21)/c1ccc(-c2ccc(/C=C/c3ccc4c(c3)C3(c5ccccc5-c5ccccc53)c3ccccc3C43c4ccccc4-c4ccccc43)cc2)cc1. The van der Waals surface area contributed by atoms with E-state index in [1.165, 1.54) is 156 Å².